The molecule has 4 aromatic carbocycles. The maximum atomic E-state index is 13.9. The van der Waals surface area contributed by atoms with E-state index in [1.807, 2.05) is 107 Å². The van der Waals surface area contributed by atoms with Gasteiger partial charge in [-0.2, -0.15) is 0 Å². The van der Waals surface area contributed by atoms with Gasteiger partial charge in [0, 0.05) is 0 Å². The quantitative estimate of drug-likeness (QED) is 0.326. The minimum absolute atomic E-state index is 0.153. The second-order valence-corrected chi connectivity index (χ2v) is 15.8. The van der Waals surface area contributed by atoms with Gasteiger partial charge in [-0.15, -0.1) is 0 Å². The van der Waals surface area contributed by atoms with Crippen molar-refractivity contribution in [2.24, 2.45) is 0 Å². The molecular weight excluding hydrogens is 459 g/mol. The molecule has 4 rings (SSSR count). The Balaban J connectivity index is 2.10. The van der Waals surface area contributed by atoms with E-state index < -0.39 is 16.9 Å². The van der Waals surface area contributed by atoms with Crippen LogP contribution < -0.4 is 15.9 Å². The SMILES string of the molecule is Cc1ccc(S(=O)(=O)OP(C)(c2ccc(C)cc2)(c2ccc(C)cc2)c2ccc(C)cc2)cc1. The van der Waals surface area contributed by atoms with E-state index in [9.17, 15) is 8.42 Å². The van der Waals surface area contributed by atoms with Gasteiger partial charge in [-0.3, -0.25) is 0 Å². The average Bonchev–Trinajstić information content (AvgIpc) is 2.80. The second-order valence-electron chi connectivity index (χ2n) is 9.31. The Kier molecular flexibility index (Phi) is 6.29. The van der Waals surface area contributed by atoms with E-state index in [1.54, 1.807) is 24.3 Å². The molecule has 0 aliphatic rings. The fourth-order valence-electron chi connectivity index (χ4n) is 4.28. The van der Waals surface area contributed by atoms with E-state index in [1.165, 1.54) is 0 Å². The predicted molar refractivity (Wildman–Crippen MR) is 145 cm³/mol. The van der Waals surface area contributed by atoms with Crippen LogP contribution in [0, 0.1) is 27.7 Å². The van der Waals surface area contributed by atoms with E-state index in [0.29, 0.717) is 0 Å². The number of hydrogen-bond acceptors (Lipinski definition) is 3. The molecule has 0 aliphatic carbocycles. The molecule has 0 spiro atoms. The zero-order valence-corrected chi connectivity index (χ0v) is 22.0. The molecule has 3 nitrogen and oxygen atoms in total. The molecular formula is C29H31O3PS. The summed E-state index contributed by atoms with van der Waals surface area (Å²) in [7, 11) is -4.11. The molecule has 0 heterocycles. The molecule has 0 radical (unpaired) electrons. The fraction of sp³-hybridized carbons (Fsp3) is 0.172. The van der Waals surface area contributed by atoms with Crippen molar-refractivity contribution in [3.63, 3.8) is 0 Å². The van der Waals surface area contributed by atoms with Crippen LogP contribution in [0.15, 0.2) is 102 Å². The monoisotopic (exact) mass is 490 g/mol. The molecule has 0 N–H and O–H groups in total. The molecule has 4 aromatic rings. The van der Waals surface area contributed by atoms with Crippen LogP contribution in [0.25, 0.3) is 0 Å². The minimum atomic E-state index is -4.11. The Morgan fingerprint density at radius 1 is 0.500 bits per heavy atom. The zero-order valence-electron chi connectivity index (χ0n) is 20.3. The number of hydrogen-bond donors (Lipinski definition) is 0. The van der Waals surface area contributed by atoms with Gasteiger partial charge >= 0.3 is 204 Å². The first kappa shape index (κ1) is 24.3. The standard InChI is InChI=1S/C29H31O3PS/c1-22-6-14-26(15-7-22)33(5,27-16-8-23(2)9-17-27,28-18-10-24(3)11-19-28)32-34(30,31)29-20-12-25(4)13-21-29/h6-21H,1-5H3. The van der Waals surface area contributed by atoms with Gasteiger partial charge in [0.05, 0.1) is 0 Å². The van der Waals surface area contributed by atoms with E-state index in [2.05, 4.69) is 0 Å². The van der Waals surface area contributed by atoms with Crippen molar-refractivity contribution in [2.75, 3.05) is 6.66 Å². The molecule has 5 heteroatoms. The van der Waals surface area contributed by atoms with Crippen molar-refractivity contribution >= 4 is 32.9 Å². The van der Waals surface area contributed by atoms with Gasteiger partial charge < -0.3 is 0 Å². The Morgan fingerprint density at radius 3 is 1.06 bits per heavy atom. The van der Waals surface area contributed by atoms with Crippen LogP contribution in [0.4, 0.5) is 0 Å². The van der Waals surface area contributed by atoms with Gasteiger partial charge in [0.1, 0.15) is 0 Å². The van der Waals surface area contributed by atoms with Crippen molar-refractivity contribution in [2.45, 2.75) is 32.6 Å². The summed E-state index contributed by atoms with van der Waals surface area (Å²) in [5.41, 5.74) is 4.29. The molecule has 176 valence electrons. The van der Waals surface area contributed by atoms with E-state index in [0.717, 1.165) is 38.2 Å². The number of rotatable bonds is 6. The summed E-state index contributed by atoms with van der Waals surface area (Å²) < 4.78 is 34.4. The van der Waals surface area contributed by atoms with Gasteiger partial charge in [-0.05, 0) is 0 Å². The molecule has 0 saturated carbocycles. The van der Waals surface area contributed by atoms with Gasteiger partial charge in [-0.1, -0.05) is 0 Å². The summed E-state index contributed by atoms with van der Waals surface area (Å²) >= 11 is 0. The molecule has 0 atom stereocenters. The van der Waals surface area contributed by atoms with Gasteiger partial charge in [0.25, 0.3) is 0 Å². The molecule has 0 aliphatic heterocycles. The van der Waals surface area contributed by atoms with Gasteiger partial charge in [0.2, 0.25) is 0 Å². The Morgan fingerprint density at radius 2 is 0.765 bits per heavy atom. The topological polar surface area (TPSA) is 43.4 Å². The van der Waals surface area contributed by atoms with Crippen LogP contribution in [0.5, 0.6) is 0 Å². The van der Waals surface area contributed by atoms with Crippen LogP contribution >= 0.6 is 6.83 Å². The zero-order chi connectivity index (χ0) is 24.6. The summed E-state index contributed by atoms with van der Waals surface area (Å²) in [5, 5.41) is 2.58. The van der Waals surface area contributed by atoms with E-state index >= 15 is 0 Å². The third-order valence-corrected chi connectivity index (χ3v) is 14.3. The fourth-order valence-corrected chi connectivity index (χ4v) is 11.6. The Bertz CT molecular complexity index is 1290. The first-order valence-corrected chi connectivity index (χ1v) is 15.3. The molecule has 0 unspecified atom stereocenters. The number of benzene rings is 4. The van der Waals surface area contributed by atoms with Crippen LogP contribution in [0.2, 0.25) is 0 Å². The van der Waals surface area contributed by atoms with Crippen molar-refractivity contribution in [1.29, 1.82) is 0 Å². The van der Waals surface area contributed by atoms with Crippen molar-refractivity contribution in [3.05, 3.63) is 119 Å². The molecule has 0 aromatic heterocycles. The summed E-state index contributed by atoms with van der Waals surface area (Å²) in [4.78, 5) is 0.153. The summed E-state index contributed by atoms with van der Waals surface area (Å²) in [6.45, 7) is 6.06. The van der Waals surface area contributed by atoms with Gasteiger partial charge in [0.15, 0.2) is 0 Å². The summed E-state index contributed by atoms with van der Waals surface area (Å²) in [6.07, 6.45) is 0. The maximum absolute atomic E-state index is 13.9. The number of aryl methyl sites for hydroxylation is 4. The predicted octanol–water partition coefficient (Wildman–Crippen LogP) is 5.70. The normalized spacial score (nSPS) is 13.3. The average molecular weight is 491 g/mol. The molecule has 0 saturated heterocycles. The van der Waals surface area contributed by atoms with Crippen LogP contribution in [-0.2, 0) is 14.1 Å². The Labute approximate surface area is 203 Å². The molecule has 0 amide bonds. The first-order chi connectivity index (χ1) is 16.0. The molecule has 0 bridgehead atoms. The molecule has 0 fully saturated rings. The first-order valence-electron chi connectivity index (χ1n) is 11.3. The van der Waals surface area contributed by atoms with Crippen LogP contribution in [-0.4, -0.2) is 15.1 Å². The summed E-state index contributed by atoms with van der Waals surface area (Å²) in [6, 6.07) is 31.0. The van der Waals surface area contributed by atoms with Gasteiger partial charge in [-0.25, -0.2) is 0 Å². The Hall–Kier alpha value is -2.78. The van der Waals surface area contributed by atoms with E-state index in [4.69, 9.17) is 3.97 Å². The molecule has 34 heavy (non-hydrogen) atoms. The van der Waals surface area contributed by atoms with Crippen LogP contribution in [0.1, 0.15) is 22.3 Å². The third-order valence-electron chi connectivity index (χ3n) is 6.56. The van der Waals surface area contributed by atoms with E-state index in [-0.39, 0.29) is 4.90 Å². The second kappa shape index (κ2) is 8.78. The summed E-state index contributed by atoms with van der Waals surface area (Å²) in [5.74, 6) is 0. The van der Waals surface area contributed by atoms with Crippen molar-refractivity contribution < 1.29 is 12.4 Å². The van der Waals surface area contributed by atoms with Crippen molar-refractivity contribution in [3.8, 4) is 0 Å². The third kappa shape index (κ3) is 4.22. The van der Waals surface area contributed by atoms with Crippen molar-refractivity contribution in [1.82, 2.24) is 0 Å². The van der Waals surface area contributed by atoms with Crippen LogP contribution in [0.3, 0.4) is 0 Å².